The highest BCUT2D eigenvalue weighted by Crippen LogP contribution is 2.33. The van der Waals surface area contributed by atoms with E-state index in [9.17, 15) is 26.7 Å². The molecule has 0 spiro atoms. The second-order valence-corrected chi connectivity index (χ2v) is 11.0. The molecule has 0 unspecified atom stereocenters. The minimum Gasteiger partial charge on any atom is -0.462 e. The van der Waals surface area contributed by atoms with Crippen molar-refractivity contribution < 1.29 is 36.2 Å². The molecule has 0 saturated carbocycles. The number of esters is 1. The minimum absolute atomic E-state index is 0.0178. The molecular formula is C35H32F5N2O3. The van der Waals surface area contributed by atoms with Crippen LogP contribution >= 0.6 is 0 Å². The summed E-state index contributed by atoms with van der Waals surface area (Å²) in [4.78, 5) is 12.6. The van der Waals surface area contributed by atoms with Crippen molar-refractivity contribution in [2.45, 2.75) is 31.5 Å². The molecule has 5 nitrogen and oxygen atoms in total. The van der Waals surface area contributed by atoms with E-state index in [2.05, 4.69) is 6.92 Å². The Labute approximate surface area is 258 Å². The molecule has 0 atom stereocenters. The highest BCUT2D eigenvalue weighted by atomic mass is 19.4. The fraction of sp³-hybridized carbons (Fsp3) is 0.200. The van der Waals surface area contributed by atoms with Crippen LogP contribution in [0.3, 0.4) is 0 Å². The number of halogens is 5. The number of benzene rings is 4. The van der Waals surface area contributed by atoms with Gasteiger partial charge in [-0.25, -0.2) is 4.79 Å². The number of ether oxygens (including phenoxy) is 2. The molecule has 0 aliphatic rings. The van der Waals surface area contributed by atoms with Crippen molar-refractivity contribution in [1.29, 1.82) is 0 Å². The van der Waals surface area contributed by atoms with E-state index in [0.717, 1.165) is 35.4 Å². The number of nitrogens with two attached hydrogens (primary N) is 2. The Morgan fingerprint density at radius 1 is 0.689 bits per heavy atom. The first kappa shape index (κ1) is 33.0. The van der Waals surface area contributed by atoms with E-state index >= 15 is 0 Å². The van der Waals surface area contributed by atoms with E-state index in [1.807, 2.05) is 24.3 Å². The Morgan fingerprint density at radius 2 is 1.16 bits per heavy atom. The van der Waals surface area contributed by atoms with Crippen LogP contribution in [0.25, 0.3) is 6.08 Å². The topological polar surface area (TPSA) is 87.6 Å². The van der Waals surface area contributed by atoms with Gasteiger partial charge in [0.2, 0.25) is 0 Å². The summed E-state index contributed by atoms with van der Waals surface area (Å²) in [6.45, 7) is 4.41. The summed E-state index contributed by atoms with van der Waals surface area (Å²) in [5, 5.41) is 0. The quantitative estimate of drug-likeness (QED) is 0.0724. The van der Waals surface area contributed by atoms with Gasteiger partial charge in [-0.15, -0.1) is 0 Å². The predicted molar refractivity (Wildman–Crippen MR) is 164 cm³/mol. The maximum atomic E-state index is 14.6. The summed E-state index contributed by atoms with van der Waals surface area (Å²) in [6.07, 6.45) is -5.73. The van der Waals surface area contributed by atoms with Gasteiger partial charge in [-0.2, -0.15) is 22.0 Å². The zero-order valence-corrected chi connectivity index (χ0v) is 24.2. The first-order valence-electron chi connectivity index (χ1n) is 13.9. The van der Waals surface area contributed by atoms with Gasteiger partial charge in [0.1, 0.15) is 5.75 Å². The highest BCUT2D eigenvalue weighted by molar-refractivity contribution is 5.87. The molecule has 0 heterocycles. The van der Waals surface area contributed by atoms with E-state index in [-0.39, 0.29) is 17.9 Å². The molecule has 4 aromatic rings. The molecule has 4 rings (SSSR count). The van der Waals surface area contributed by atoms with Gasteiger partial charge in [0, 0.05) is 22.9 Å². The zero-order valence-electron chi connectivity index (χ0n) is 24.2. The van der Waals surface area contributed by atoms with Crippen LogP contribution in [0, 0.1) is 12.3 Å². The summed E-state index contributed by atoms with van der Waals surface area (Å²) in [5.41, 5.74) is 13.9. The van der Waals surface area contributed by atoms with Gasteiger partial charge >= 0.3 is 18.3 Å². The zero-order chi connectivity index (χ0) is 32.7. The number of rotatable bonds is 12. The van der Waals surface area contributed by atoms with Gasteiger partial charge in [0.05, 0.1) is 18.6 Å². The second kappa shape index (κ2) is 13.8. The van der Waals surface area contributed by atoms with Crippen LogP contribution < -0.4 is 16.2 Å². The Hall–Kier alpha value is -4.86. The summed E-state index contributed by atoms with van der Waals surface area (Å²) < 4.78 is 77.2. The first-order valence-corrected chi connectivity index (χ1v) is 13.9. The van der Waals surface area contributed by atoms with Crippen molar-refractivity contribution in [3.63, 3.8) is 0 Å². The molecule has 10 heteroatoms. The lowest BCUT2D eigenvalue weighted by atomic mass is 9.79. The van der Waals surface area contributed by atoms with Gasteiger partial charge in [-0.1, -0.05) is 48.5 Å². The van der Waals surface area contributed by atoms with Crippen LogP contribution in [-0.2, 0) is 34.9 Å². The van der Waals surface area contributed by atoms with Crippen molar-refractivity contribution in [2.24, 2.45) is 5.41 Å². The molecule has 235 valence electrons. The van der Waals surface area contributed by atoms with E-state index in [1.165, 1.54) is 36.4 Å². The number of anilines is 2. The van der Waals surface area contributed by atoms with E-state index in [1.54, 1.807) is 24.3 Å². The van der Waals surface area contributed by atoms with Gasteiger partial charge < -0.3 is 20.9 Å². The number of alkyl halides is 5. The SMILES string of the molecule is [CH2]C(COC(=O)/C=C/c1ccc(OC(F)(F)c2ccc(CC(F)(F)F)cc2)cc1)(Cc1ccc(N)cc1)Cc1ccc(N)cc1. The van der Waals surface area contributed by atoms with Gasteiger partial charge in [0.25, 0.3) is 0 Å². The van der Waals surface area contributed by atoms with E-state index in [4.69, 9.17) is 20.9 Å². The van der Waals surface area contributed by atoms with Crippen molar-refractivity contribution in [2.75, 3.05) is 18.1 Å². The Morgan fingerprint density at radius 3 is 1.64 bits per heavy atom. The monoisotopic (exact) mass is 623 g/mol. The molecule has 0 aliphatic heterocycles. The third kappa shape index (κ3) is 10.4. The van der Waals surface area contributed by atoms with Crippen molar-refractivity contribution in [1.82, 2.24) is 0 Å². The Bertz CT molecular complexity index is 1540. The molecule has 0 bridgehead atoms. The van der Waals surface area contributed by atoms with Crippen LogP contribution in [-0.4, -0.2) is 18.8 Å². The lowest BCUT2D eigenvalue weighted by Gasteiger charge is -2.29. The fourth-order valence-corrected chi connectivity index (χ4v) is 4.64. The number of carbonyl (C=O) groups excluding carboxylic acids is 1. The molecular weight excluding hydrogens is 591 g/mol. The summed E-state index contributed by atoms with van der Waals surface area (Å²) >= 11 is 0. The number of hydrogen-bond donors (Lipinski definition) is 2. The van der Waals surface area contributed by atoms with Crippen molar-refractivity contribution in [3.8, 4) is 5.75 Å². The summed E-state index contributed by atoms with van der Waals surface area (Å²) in [5.74, 6) is -0.787. The lowest BCUT2D eigenvalue weighted by molar-refractivity contribution is -0.185. The Balaban J connectivity index is 1.35. The third-order valence-corrected chi connectivity index (χ3v) is 6.87. The maximum Gasteiger partial charge on any atom is 0.426 e. The average molecular weight is 624 g/mol. The standard InChI is InChI=1S/C35H32F5N2O3/c1-33(20-25-4-13-29(41)14-5-25,21-26-6-15-30(42)16-7-26)23-44-32(43)19-10-24-8-17-31(18-9-24)45-35(39,40)28-11-2-27(3-12-28)22-34(36,37)38/h2-19H,1,20-23,41-42H2/b19-10+. The van der Waals surface area contributed by atoms with Crippen LogP contribution in [0.5, 0.6) is 5.75 Å². The maximum absolute atomic E-state index is 14.6. The largest absolute Gasteiger partial charge is 0.462 e. The average Bonchev–Trinajstić information content (AvgIpc) is 2.97. The normalized spacial score (nSPS) is 12.3. The van der Waals surface area contributed by atoms with Crippen molar-refractivity contribution in [3.05, 3.63) is 138 Å². The molecule has 0 fully saturated rings. The lowest BCUT2D eigenvalue weighted by Crippen LogP contribution is -2.30. The second-order valence-electron chi connectivity index (χ2n) is 11.0. The summed E-state index contributed by atoms with van der Waals surface area (Å²) in [6, 6.07) is 24.1. The molecule has 4 aromatic carbocycles. The number of nitrogen functional groups attached to an aromatic ring is 2. The highest BCUT2D eigenvalue weighted by Gasteiger charge is 2.35. The fourth-order valence-electron chi connectivity index (χ4n) is 4.64. The molecule has 45 heavy (non-hydrogen) atoms. The third-order valence-electron chi connectivity index (χ3n) is 6.87. The Kier molecular flexibility index (Phi) is 10.2. The van der Waals surface area contributed by atoms with E-state index < -0.39 is 35.7 Å². The molecule has 0 saturated heterocycles. The summed E-state index contributed by atoms with van der Waals surface area (Å²) in [7, 11) is 0. The van der Waals surface area contributed by atoms with E-state index in [0.29, 0.717) is 29.8 Å². The molecule has 4 N–H and O–H groups in total. The predicted octanol–water partition coefficient (Wildman–Crippen LogP) is 7.95. The molecule has 0 amide bonds. The first-order chi connectivity index (χ1) is 21.2. The van der Waals surface area contributed by atoms with Crippen LogP contribution in [0.2, 0.25) is 0 Å². The van der Waals surface area contributed by atoms with Crippen molar-refractivity contribution >= 4 is 23.4 Å². The molecule has 0 aliphatic carbocycles. The molecule has 1 radical (unpaired) electrons. The van der Waals surface area contributed by atoms with Crippen LogP contribution in [0.15, 0.2) is 103 Å². The van der Waals surface area contributed by atoms with Gasteiger partial charge in [-0.3, -0.25) is 0 Å². The molecule has 0 aromatic heterocycles. The minimum atomic E-state index is -4.44. The number of carbonyl (C=O) groups is 1. The smallest absolute Gasteiger partial charge is 0.426 e. The van der Waals surface area contributed by atoms with Gasteiger partial charge in [-0.05, 0) is 96.6 Å². The van der Waals surface area contributed by atoms with Crippen LogP contribution in [0.4, 0.5) is 33.3 Å². The van der Waals surface area contributed by atoms with Gasteiger partial charge in [0.15, 0.2) is 0 Å². The van der Waals surface area contributed by atoms with Crippen LogP contribution in [0.1, 0.15) is 27.8 Å². The number of hydrogen-bond acceptors (Lipinski definition) is 5.